The van der Waals surface area contributed by atoms with Gasteiger partial charge in [-0.1, -0.05) is 11.6 Å². The summed E-state index contributed by atoms with van der Waals surface area (Å²) in [7, 11) is -3.48. The third-order valence-electron chi connectivity index (χ3n) is 3.52. The summed E-state index contributed by atoms with van der Waals surface area (Å²) in [5.74, 6) is -0.881. The van der Waals surface area contributed by atoms with Gasteiger partial charge in [-0.3, -0.25) is 9.69 Å². The molecule has 0 atom stereocenters. The van der Waals surface area contributed by atoms with Crippen LogP contribution in [0.3, 0.4) is 0 Å². The van der Waals surface area contributed by atoms with Gasteiger partial charge < -0.3 is 4.90 Å². The van der Waals surface area contributed by atoms with Crippen molar-refractivity contribution in [3.05, 3.63) is 34.6 Å². The molecule has 1 aromatic carbocycles. The highest BCUT2D eigenvalue weighted by Gasteiger charge is 2.23. The summed E-state index contributed by atoms with van der Waals surface area (Å²) in [5, 5.41) is 4.88. The lowest BCUT2D eigenvalue weighted by molar-refractivity contribution is 0.0644. The third-order valence-corrected chi connectivity index (χ3v) is 4.56. The zero-order chi connectivity index (χ0) is 16.3. The number of benzene rings is 1. The number of rotatable bonds is 4. The van der Waals surface area contributed by atoms with Crippen LogP contribution in [0, 0.1) is 5.82 Å². The molecule has 1 fully saturated rings. The van der Waals surface area contributed by atoms with E-state index < -0.39 is 15.8 Å². The molecule has 0 spiro atoms. The number of carbonyl (C=O) groups is 1. The lowest BCUT2D eigenvalue weighted by Crippen LogP contribution is -2.49. The monoisotopic (exact) mass is 349 g/mol. The Bertz CT molecular complexity index is 660. The Morgan fingerprint density at radius 2 is 1.91 bits per heavy atom. The molecule has 9 heteroatoms. The molecule has 1 heterocycles. The first-order valence-corrected chi connectivity index (χ1v) is 8.83. The maximum Gasteiger partial charge on any atom is 0.253 e. The molecule has 0 saturated carbocycles. The summed E-state index contributed by atoms with van der Waals surface area (Å²) in [6.07, 6.45) is 0. The predicted molar refractivity (Wildman–Crippen MR) is 81.7 cm³/mol. The lowest BCUT2D eigenvalue weighted by Gasteiger charge is -2.34. The van der Waals surface area contributed by atoms with Crippen LogP contribution in [-0.2, 0) is 10.0 Å². The van der Waals surface area contributed by atoms with E-state index in [9.17, 15) is 17.6 Å². The van der Waals surface area contributed by atoms with Crippen LogP contribution in [0.4, 0.5) is 4.39 Å². The first kappa shape index (κ1) is 17.1. The zero-order valence-electron chi connectivity index (χ0n) is 11.8. The van der Waals surface area contributed by atoms with Gasteiger partial charge in [-0.2, -0.15) is 0 Å². The van der Waals surface area contributed by atoms with Crippen molar-refractivity contribution >= 4 is 27.5 Å². The largest absolute Gasteiger partial charge is 0.336 e. The number of hydrogen-bond acceptors (Lipinski definition) is 4. The molecule has 1 aliphatic rings. The topological polar surface area (TPSA) is 83.7 Å². The Hall–Kier alpha value is -1.22. The summed E-state index contributed by atoms with van der Waals surface area (Å²) in [5.41, 5.74) is 0.337. The number of piperazine rings is 1. The second kappa shape index (κ2) is 6.91. The van der Waals surface area contributed by atoms with E-state index in [2.05, 4.69) is 0 Å². The summed E-state index contributed by atoms with van der Waals surface area (Å²) >= 11 is 5.68. The molecular weight excluding hydrogens is 333 g/mol. The Balaban J connectivity index is 1.91. The van der Waals surface area contributed by atoms with Crippen molar-refractivity contribution < 1.29 is 17.6 Å². The van der Waals surface area contributed by atoms with Crippen molar-refractivity contribution in [1.29, 1.82) is 0 Å². The van der Waals surface area contributed by atoms with E-state index in [1.54, 1.807) is 4.90 Å². The van der Waals surface area contributed by atoms with Crippen molar-refractivity contribution in [2.24, 2.45) is 5.14 Å². The Morgan fingerprint density at radius 1 is 1.27 bits per heavy atom. The molecule has 1 aliphatic heterocycles. The van der Waals surface area contributed by atoms with Gasteiger partial charge in [-0.25, -0.2) is 17.9 Å². The van der Waals surface area contributed by atoms with Gasteiger partial charge in [0.1, 0.15) is 5.82 Å². The van der Waals surface area contributed by atoms with Gasteiger partial charge in [-0.15, -0.1) is 0 Å². The number of primary sulfonamides is 1. The molecular formula is C13H17ClFN3O3S. The van der Waals surface area contributed by atoms with Crippen LogP contribution in [0.15, 0.2) is 18.2 Å². The van der Waals surface area contributed by atoms with Crippen LogP contribution in [0.2, 0.25) is 5.02 Å². The molecule has 1 amide bonds. The zero-order valence-corrected chi connectivity index (χ0v) is 13.4. The minimum Gasteiger partial charge on any atom is -0.336 e. The third kappa shape index (κ3) is 4.64. The molecule has 0 aliphatic carbocycles. The van der Waals surface area contributed by atoms with Gasteiger partial charge in [-0.05, 0) is 18.2 Å². The van der Waals surface area contributed by atoms with E-state index in [-0.39, 0.29) is 16.7 Å². The fraction of sp³-hybridized carbons (Fsp3) is 0.462. The van der Waals surface area contributed by atoms with Crippen molar-refractivity contribution in [3.63, 3.8) is 0 Å². The molecule has 22 heavy (non-hydrogen) atoms. The van der Waals surface area contributed by atoms with Gasteiger partial charge in [0.15, 0.2) is 0 Å². The molecule has 1 aromatic rings. The SMILES string of the molecule is NS(=O)(=O)CCN1CCN(C(=O)c2ccc(F)c(Cl)c2)CC1. The average Bonchev–Trinajstić information content (AvgIpc) is 2.47. The fourth-order valence-electron chi connectivity index (χ4n) is 2.24. The maximum atomic E-state index is 13.1. The molecule has 0 unspecified atom stereocenters. The average molecular weight is 350 g/mol. The number of carbonyl (C=O) groups excluding carboxylic acids is 1. The van der Waals surface area contributed by atoms with Crippen LogP contribution in [-0.4, -0.2) is 62.6 Å². The smallest absolute Gasteiger partial charge is 0.253 e. The maximum absolute atomic E-state index is 13.1. The first-order chi connectivity index (χ1) is 10.3. The minimum atomic E-state index is -3.48. The quantitative estimate of drug-likeness (QED) is 0.859. The highest BCUT2D eigenvalue weighted by Crippen LogP contribution is 2.18. The number of nitrogens with zero attached hydrogens (tertiary/aromatic N) is 2. The molecule has 1 saturated heterocycles. The van der Waals surface area contributed by atoms with E-state index >= 15 is 0 Å². The van der Waals surface area contributed by atoms with Gasteiger partial charge >= 0.3 is 0 Å². The highest BCUT2D eigenvalue weighted by molar-refractivity contribution is 7.89. The molecule has 6 nitrogen and oxygen atoms in total. The van der Waals surface area contributed by atoms with Crippen molar-refractivity contribution in [1.82, 2.24) is 9.80 Å². The van der Waals surface area contributed by atoms with Gasteiger partial charge in [0.2, 0.25) is 10.0 Å². The first-order valence-electron chi connectivity index (χ1n) is 6.73. The number of nitrogens with two attached hydrogens (primary N) is 1. The Kier molecular flexibility index (Phi) is 5.38. The Labute approximate surface area is 133 Å². The van der Waals surface area contributed by atoms with E-state index in [1.165, 1.54) is 12.1 Å². The lowest BCUT2D eigenvalue weighted by atomic mass is 10.1. The second-order valence-electron chi connectivity index (χ2n) is 5.13. The molecule has 0 aromatic heterocycles. The summed E-state index contributed by atoms with van der Waals surface area (Å²) in [6, 6.07) is 3.88. The van der Waals surface area contributed by atoms with Crippen LogP contribution < -0.4 is 5.14 Å². The molecule has 0 radical (unpaired) electrons. The van der Waals surface area contributed by atoms with Crippen LogP contribution in [0.1, 0.15) is 10.4 Å². The van der Waals surface area contributed by atoms with Crippen LogP contribution in [0.5, 0.6) is 0 Å². The van der Waals surface area contributed by atoms with Crippen LogP contribution in [0.25, 0.3) is 0 Å². The highest BCUT2D eigenvalue weighted by atomic mass is 35.5. The van der Waals surface area contributed by atoms with Crippen molar-refractivity contribution in [2.45, 2.75) is 0 Å². The van der Waals surface area contributed by atoms with Crippen molar-refractivity contribution in [3.8, 4) is 0 Å². The Morgan fingerprint density at radius 3 is 2.45 bits per heavy atom. The molecule has 2 N–H and O–H groups in total. The van der Waals surface area contributed by atoms with E-state index in [1.807, 2.05) is 4.90 Å². The summed E-state index contributed by atoms with van der Waals surface area (Å²) < 4.78 is 35.0. The minimum absolute atomic E-state index is 0.0855. The van der Waals surface area contributed by atoms with E-state index in [4.69, 9.17) is 16.7 Å². The summed E-state index contributed by atoms with van der Waals surface area (Å²) in [6.45, 7) is 2.42. The van der Waals surface area contributed by atoms with Gasteiger partial charge in [0.25, 0.3) is 5.91 Å². The second-order valence-corrected chi connectivity index (χ2v) is 7.27. The van der Waals surface area contributed by atoms with Gasteiger partial charge in [0, 0.05) is 38.3 Å². The number of sulfonamides is 1. The van der Waals surface area contributed by atoms with E-state index in [0.29, 0.717) is 38.3 Å². The predicted octanol–water partition coefficient (Wildman–Crippen LogP) is 0.525. The van der Waals surface area contributed by atoms with Crippen LogP contribution >= 0.6 is 11.6 Å². The van der Waals surface area contributed by atoms with Crippen molar-refractivity contribution in [2.75, 3.05) is 38.5 Å². The number of hydrogen-bond donors (Lipinski definition) is 1. The fourth-order valence-corrected chi connectivity index (χ4v) is 2.94. The number of amides is 1. The normalized spacial score (nSPS) is 16.8. The number of halogens is 2. The van der Waals surface area contributed by atoms with Gasteiger partial charge in [0.05, 0.1) is 10.8 Å². The summed E-state index contributed by atoms with van der Waals surface area (Å²) in [4.78, 5) is 15.9. The molecule has 2 rings (SSSR count). The standard InChI is InChI=1S/C13H17ClFN3O3S/c14-11-9-10(1-2-12(11)15)13(19)18-5-3-17(4-6-18)7-8-22(16,20)21/h1-2,9H,3-8H2,(H2,16,20,21). The molecule has 122 valence electrons. The van der Waals surface area contributed by atoms with E-state index in [0.717, 1.165) is 6.07 Å². The molecule has 0 bridgehead atoms.